The van der Waals surface area contributed by atoms with Crippen molar-refractivity contribution in [2.24, 2.45) is 0 Å². The molecule has 0 aliphatic carbocycles. The Hall–Kier alpha value is -2.27. The molecule has 2 aliphatic heterocycles. The third-order valence-corrected chi connectivity index (χ3v) is 6.14. The van der Waals surface area contributed by atoms with Gasteiger partial charge in [-0.2, -0.15) is 0 Å². The van der Waals surface area contributed by atoms with Crippen molar-refractivity contribution in [1.82, 2.24) is 9.80 Å². The summed E-state index contributed by atoms with van der Waals surface area (Å²) in [5.41, 5.74) is -1.95. The second kappa shape index (κ2) is 8.10. The van der Waals surface area contributed by atoms with E-state index < -0.39 is 41.0 Å². The van der Waals surface area contributed by atoms with E-state index in [-0.39, 0.29) is 19.6 Å². The summed E-state index contributed by atoms with van der Waals surface area (Å²) in [4.78, 5) is 64.1. The molecule has 11 heteroatoms. The van der Waals surface area contributed by atoms with Gasteiger partial charge in [0.05, 0.1) is 4.24 Å². The van der Waals surface area contributed by atoms with Crippen molar-refractivity contribution in [3.63, 3.8) is 0 Å². The lowest BCUT2D eigenvalue weighted by atomic mass is 10.2. The number of likely N-dealkylation sites (N-methyl/N-ethyl adjacent to an activating group) is 2. The molecule has 2 aliphatic rings. The van der Waals surface area contributed by atoms with Crippen molar-refractivity contribution in [2.75, 3.05) is 14.1 Å². The maximum Gasteiger partial charge on any atom is 0.346 e. The topological polar surface area (TPSA) is 110 Å². The van der Waals surface area contributed by atoms with Crippen LogP contribution in [0.5, 0.6) is 0 Å². The molecule has 4 amide bonds. The van der Waals surface area contributed by atoms with Gasteiger partial charge in [0.1, 0.15) is 26.6 Å². The zero-order valence-corrected chi connectivity index (χ0v) is 19.7. The first-order chi connectivity index (χ1) is 13.5. The molecule has 1 saturated heterocycles. The lowest BCUT2D eigenvalue weighted by Crippen LogP contribution is -2.53. The number of carbonyl (C=O) groups is 5. The monoisotopic (exact) mass is 456 g/mol. The minimum atomic E-state index is -0.826. The summed E-state index contributed by atoms with van der Waals surface area (Å²) in [5, 5.41) is 0. The smallest absolute Gasteiger partial charge is 0.346 e. The molecule has 0 N–H and O–H groups in total. The van der Waals surface area contributed by atoms with Gasteiger partial charge >= 0.3 is 18.0 Å². The van der Waals surface area contributed by atoms with E-state index in [4.69, 9.17) is 9.47 Å². The second-order valence-corrected chi connectivity index (χ2v) is 10.8. The summed E-state index contributed by atoms with van der Waals surface area (Å²) >= 11 is 1.56. The van der Waals surface area contributed by atoms with Gasteiger partial charge in [0, 0.05) is 14.1 Å². The number of amides is 4. The average molecular weight is 457 g/mol. The molecule has 2 heterocycles. The van der Waals surface area contributed by atoms with Gasteiger partial charge in [0.2, 0.25) is 0 Å². The Morgan fingerprint density at radius 3 is 1.37 bits per heavy atom. The Balaban J connectivity index is 2.52. The second-order valence-electron chi connectivity index (χ2n) is 8.54. The summed E-state index contributed by atoms with van der Waals surface area (Å²) in [5.74, 6) is -3.17. The van der Waals surface area contributed by atoms with Gasteiger partial charge in [-0.3, -0.25) is 19.4 Å². The van der Waals surface area contributed by atoms with E-state index in [1.807, 2.05) is 0 Å². The van der Waals surface area contributed by atoms with Crippen molar-refractivity contribution in [3.05, 3.63) is 19.6 Å². The van der Waals surface area contributed by atoms with E-state index in [1.165, 1.54) is 14.1 Å². The number of esters is 2. The molecule has 0 aromatic carbocycles. The Morgan fingerprint density at radius 1 is 0.733 bits per heavy atom. The Kier molecular flexibility index (Phi) is 6.48. The van der Waals surface area contributed by atoms with Crippen LogP contribution in [0.3, 0.4) is 0 Å². The SMILES string of the molecule is CN1C(=O)C(=C2SC(C(=O)OC(C)(C)C)=C(C(=O)OC(C)(C)C)S2)C(=O)N(C)C1=O. The minimum Gasteiger partial charge on any atom is -0.456 e. The first-order valence-electron chi connectivity index (χ1n) is 8.94. The summed E-state index contributed by atoms with van der Waals surface area (Å²) < 4.78 is 10.9. The summed E-state index contributed by atoms with van der Waals surface area (Å²) in [6, 6.07) is -0.768. The van der Waals surface area contributed by atoms with Gasteiger partial charge < -0.3 is 9.47 Å². The third-order valence-electron chi connectivity index (χ3n) is 3.58. The standard InChI is InChI=1S/C19H24N2O7S2/c1-18(2,3)27-14(24)10-11(15(25)28-19(4,5)6)30-16(29-10)9-12(22)20(7)17(26)21(8)13(9)23/h1-8H3. The Bertz CT molecular complexity index is 839. The first-order valence-corrected chi connectivity index (χ1v) is 10.6. The fourth-order valence-electron chi connectivity index (χ4n) is 2.32. The van der Waals surface area contributed by atoms with Crippen LogP contribution < -0.4 is 0 Å². The van der Waals surface area contributed by atoms with E-state index in [0.29, 0.717) is 0 Å². The summed E-state index contributed by atoms with van der Waals surface area (Å²) in [6.07, 6.45) is 0. The minimum absolute atomic E-state index is 0.0746. The van der Waals surface area contributed by atoms with Crippen LogP contribution in [0.1, 0.15) is 41.5 Å². The number of rotatable bonds is 2. The molecule has 2 rings (SSSR count). The van der Waals surface area contributed by atoms with E-state index in [9.17, 15) is 24.0 Å². The lowest BCUT2D eigenvalue weighted by Gasteiger charge is -2.29. The number of carbonyl (C=O) groups excluding carboxylic acids is 5. The maximum atomic E-state index is 12.7. The molecule has 1 fully saturated rings. The highest BCUT2D eigenvalue weighted by Gasteiger charge is 2.44. The summed E-state index contributed by atoms with van der Waals surface area (Å²) in [7, 11) is 2.49. The molecule has 164 valence electrons. The highest BCUT2D eigenvalue weighted by Crippen LogP contribution is 2.52. The molecular weight excluding hydrogens is 432 g/mol. The van der Waals surface area contributed by atoms with Gasteiger partial charge in [0.15, 0.2) is 0 Å². The van der Waals surface area contributed by atoms with Crippen LogP contribution in [0.25, 0.3) is 0 Å². The van der Waals surface area contributed by atoms with Crippen molar-refractivity contribution in [3.8, 4) is 0 Å². The largest absolute Gasteiger partial charge is 0.456 e. The van der Waals surface area contributed by atoms with Crippen molar-refractivity contribution in [2.45, 2.75) is 52.7 Å². The summed E-state index contributed by atoms with van der Waals surface area (Å²) in [6.45, 7) is 10.1. The number of hydrogen-bond donors (Lipinski definition) is 0. The van der Waals surface area contributed by atoms with Crippen LogP contribution in [-0.2, 0) is 28.7 Å². The molecule has 0 bridgehead atoms. The predicted molar refractivity (Wildman–Crippen MR) is 112 cm³/mol. The number of thioether (sulfide) groups is 2. The molecule has 0 unspecified atom stereocenters. The molecule has 0 atom stereocenters. The van der Waals surface area contributed by atoms with E-state index in [1.54, 1.807) is 41.5 Å². The van der Waals surface area contributed by atoms with Crippen LogP contribution in [-0.4, -0.2) is 64.9 Å². The highest BCUT2D eigenvalue weighted by atomic mass is 32.2. The number of imide groups is 2. The predicted octanol–water partition coefficient (Wildman–Crippen LogP) is 2.62. The molecule has 0 spiro atoms. The molecular formula is C19H24N2O7S2. The number of hydrogen-bond acceptors (Lipinski definition) is 9. The van der Waals surface area contributed by atoms with Gasteiger partial charge in [0.25, 0.3) is 11.8 Å². The van der Waals surface area contributed by atoms with Crippen molar-refractivity contribution in [1.29, 1.82) is 0 Å². The van der Waals surface area contributed by atoms with E-state index in [0.717, 1.165) is 33.3 Å². The number of nitrogens with zero attached hydrogens (tertiary/aromatic N) is 2. The van der Waals surface area contributed by atoms with Crippen molar-refractivity contribution < 1.29 is 33.4 Å². The van der Waals surface area contributed by atoms with Crippen LogP contribution in [0.15, 0.2) is 19.6 Å². The van der Waals surface area contributed by atoms with Crippen LogP contribution in [0.2, 0.25) is 0 Å². The molecule has 9 nitrogen and oxygen atoms in total. The molecule has 0 radical (unpaired) electrons. The van der Waals surface area contributed by atoms with E-state index >= 15 is 0 Å². The van der Waals surface area contributed by atoms with Gasteiger partial charge in [-0.15, -0.1) is 0 Å². The zero-order chi connectivity index (χ0) is 23.2. The third kappa shape index (κ3) is 5.07. The fraction of sp³-hybridized carbons (Fsp3) is 0.526. The van der Waals surface area contributed by atoms with Gasteiger partial charge in [-0.25, -0.2) is 14.4 Å². The average Bonchev–Trinajstić information content (AvgIpc) is 3.01. The van der Waals surface area contributed by atoms with Crippen LogP contribution in [0, 0.1) is 0 Å². The molecule has 0 saturated carbocycles. The van der Waals surface area contributed by atoms with Crippen molar-refractivity contribution >= 4 is 53.3 Å². The number of urea groups is 1. The highest BCUT2D eigenvalue weighted by molar-refractivity contribution is 8.29. The zero-order valence-electron chi connectivity index (χ0n) is 18.1. The van der Waals surface area contributed by atoms with E-state index in [2.05, 4.69) is 0 Å². The quantitative estimate of drug-likeness (QED) is 0.352. The molecule has 0 aromatic heterocycles. The van der Waals surface area contributed by atoms with Gasteiger partial charge in [-0.05, 0) is 41.5 Å². The molecule has 30 heavy (non-hydrogen) atoms. The maximum absolute atomic E-state index is 12.7. The number of ether oxygens (including phenoxy) is 2. The Labute approximate surface area is 183 Å². The lowest BCUT2D eigenvalue weighted by molar-refractivity contribution is -0.152. The normalized spacial score (nSPS) is 18.5. The Morgan fingerprint density at radius 2 is 1.07 bits per heavy atom. The van der Waals surface area contributed by atoms with Gasteiger partial charge in [-0.1, -0.05) is 23.5 Å². The van der Waals surface area contributed by atoms with Crippen LogP contribution >= 0.6 is 23.5 Å². The fourth-order valence-corrected chi connectivity index (χ4v) is 4.76. The van der Waals surface area contributed by atoms with Crippen LogP contribution in [0.4, 0.5) is 4.79 Å². The first kappa shape index (κ1) is 24.0. The molecule has 0 aromatic rings. The number of barbiturate groups is 1.